The molecule has 0 radical (unpaired) electrons. The minimum atomic E-state index is -0.933. The van der Waals surface area contributed by atoms with Crippen LogP contribution < -0.4 is 4.74 Å². The molecule has 0 bridgehead atoms. The molecule has 86 valence electrons. The van der Waals surface area contributed by atoms with E-state index >= 15 is 0 Å². The first-order valence-electron chi connectivity index (χ1n) is 5.62. The van der Waals surface area contributed by atoms with Gasteiger partial charge in [-0.25, -0.2) is 4.79 Å². The summed E-state index contributed by atoms with van der Waals surface area (Å²) in [6, 6.07) is 6.83. The smallest absolute Gasteiger partial charge is 0.339 e. The first-order chi connectivity index (χ1) is 7.61. The molecule has 1 saturated carbocycles. The summed E-state index contributed by atoms with van der Waals surface area (Å²) in [5.74, 6) is -0.448. The molecule has 0 aliphatic heterocycles. The highest BCUT2D eigenvalue weighted by Crippen LogP contribution is 2.35. The first kappa shape index (κ1) is 11.0. The lowest BCUT2D eigenvalue weighted by molar-refractivity contribution is 0.0665. The quantitative estimate of drug-likeness (QED) is 0.851. The number of carbonyl (C=O) groups is 1. The van der Waals surface area contributed by atoms with Gasteiger partial charge in [-0.3, -0.25) is 0 Å². The van der Waals surface area contributed by atoms with Crippen LogP contribution in [0.2, 0.25) is 0 Å². The Bertz CT molecular complexity index is 392. The van der Waals surface area contributed by atoms with Crippen molar-refractivity contribution in [1.29, 1.82) is 0 Å². The van der Waals surface area contributed by atoms with E-state index < -0.39 is 5.97 Å². The third-order valence-corrected chi connectivity index (χ3v) is 3.14. The number of hydrogen-bond acceptors (Lipinski definition) is 2. The number of rotatable bonds is 3. The van der Waals surface area contributed by atoms with E-state index in [-0.39, 0.29) is 11.2 Å². The third-order valence-electron chi connectivity index (χ3n) is 3.14. The fourth-order valence-electron chi connectivity index (χ4n) is 2.22. The number of carboxylic acid groups (broad SMARTS) is 1. The van der Waals surface area contributed by atoms with Crippen LogP contribution in [0.5, 0.6) is 5.75 Å². The lowest BCUT2D eigenvalue weighted by Gasteiger charge is -2.26. The molecule has 1 aromatic rings. The van der Waals surface area contributed by atoms with Gasteiger partial charge >= 0.3 is 5.97 Å². The summed E-state index contributed by atoms with van der Waals surface area (Å²) in [4.78, 5) is 11.0. The van der Waals surface area contributed by atoms with Crippen LogP contribution in [0.3, 0.4) is 0 Å². The van der Waals surface area contributed by atoms with Crippen LogP contribution >= 0.6 is 0 Å². The molecule has 1 aliphatic carbocycles. The zero-order valence-corrected chi connectivity index (χ0v) is 9.40. The average Bonchev–Trinajstić information content (AvgIpc) is 2.65. The lowest BCUT2D eigenvalue weighted by atomic mass is 10.1. The molecule has 0 aromatic heterocycles. The number of para-hydroxylation sites is 1. The Balaban J connectivity index is 2.23. The van der Waals surface area contributed by atoms with Gasteiger partial charge in [0.2, 0.25) is 0 Å². The Kier molecular flexibility index (Phi) is 2.86. The molecule has 1 aromatic carbocycles. The normalized spacial score (nSPS) is 18.3. The van der Waals surface area contributed by atoms with E-state index in [1.54, 1.807) is 24.3 Å². The predicted molar refractivity (Wildman–Crippen MR) is 60.9 cm³/mol. The van der Waals surface area contributed by atoms with Gasteiger partial charge in [-0.2, -0.15) is 0 Å². The van der Waals surface area contributed by atoms with E-state index in [0.717, 1.165) is 25.7 Å². The molecule has 16 heavy (non-hydrogen) atoms. The highest BCUT2D eigenvalue weighted by molar-refractivity contribution is 5.90. The number of hydrogen-bond donors (Lipinski definition) is 1. The van der Waals surface area contributed by atoms with Crippen molar-refractivity contribution >= 4 is 5.97 Å². The third kappa shape index (κ3) is 2.18. The van der Waals surface area contributed by atoms with Gasteiger partial charge in [-0.1, -0.05) is 12.1 Å². The van der Waals surface area contributed by atoms with Crippen molar-refractivity contribution < 1.29 is 14.6 Å². The minimum Gasteiger partial charge on any atom is -0.487 e. The van der Waals surface area contributed by atoms with E-state index in [1.807, 2.05) is 0 Å². The fourth-order valence-corrected chi connectivity index (χ4v) is 2.22. The Morgan fingerprint density at radius 1 is 1.31 bits per heavy atom. The van der Waals surface area contributed by atoms with Gasteiger partial charge in [-0.05, 0) is 44.7 Å². The molecule has 0 spiro atoms. The maximum atomic E-state index is 11.0. The lowest BCUT2D eigenvalue weighted by Crippen LogP contribution is -2.28. The van der Waals surface area contributed by atoms with E-state index in [2.05, 4.69) is 6.92 Å². The van der Waals surface area contributed by atoms with Crippen LogP contribution in [0.1, 0.15) is 43.0 Å². The topological polar surface area (TPSA) is 46.5 Å². The molecule has 2 rings (SSSR count). The standard InChI is InChI=1S/C13H16O3/c1-13(8-4-5-9-13)16-11-7-3-2-6-10(11)12(14)15/h2-3,6-7H,4-5,8-9H2,1H3,(H,14,15). The van der Waals surface area contributed by atoms with Crippen molar-refractivity contribution in [3.63, 3.8) is 0 Å². The SMILES string of the molecule is CC1(Oc2ccccc2C(=O)O)CCCC1. The number of aromatic carboxylic acids is 1. The van der Waals surface area contributed by atoms with E-state index in [1.165, 1.54) is 0 Å². The van der Waals surface area contributed by atoms with E-state index in [4.69, 9.17) is 9.84 Å². The summed E-state index contributed by atoms with van der Waals surface area (Å²) in [5, 5.41) is 9.04. The summed E-state index contributed by atoms with van der Waals surface area (Å²) in [5.41, 5.74) is 0.0570. The van der Waals surface area contributed by atoms with Crippen LogP contribution in [0, 0.1) is 0 Å². The Hall–Kier alpha value is -1.51. The Morgan fingerprint density at radius 2 is 1.94 bits per heavy atom. The van der Waals surface area contributed by atoms with Gasteiger partial charge in [0.25, 0.3) is 0 Å². The Labute approximate surface area is 95.0 Å². The number of ether oxygens (including phenoxy) is 1. The van der Waals surface area contributed by atoms with Gasteiger partial charge in [0.1, 0.15) is 16.9 Å². The molecule has 1 N–H and O–H groups in total. The highest BCUT2D eigenvalue weighted by Gasteiger charge is 2.31. The molecule has 0 atom stereocenters. The second-order valence-corrected chi connectivity index (χ2v) is 4.56. The average molecular weight is 220 g/mol. The molecule has 1 fully saturated rings. The molecule has 3 heteroatoms. The summed E-state index contributed by atoms with van der Waals surface area (Å²) >= 11 is 0. The zero-order valence-electron chi connectivity index (χ0n) is 9.40. The summed E-state index contributed by atoms with van der Waals surface area (Å²) in [7, 11) is 0. The minimum absolute atomic E-state index is 0.189. The molecule has 3 nitrogen and oxygen atoms in total. The van der Waals surface area contributed by atoms with Crippen LogP contribution in [0.25, 0.3) is 0 Å². The largest absolute Gasteiger partial charge is 0.487 e. The first-order valence-corrected chi connectivity index (χ1v) is 5.62. The van der Waals surface area contributed by atoms with Crippen molar-refractivity contribution in [3.05, 3.63) is 29.8 Å². The maximum absolute atomic E-state index is 11.0. The van der Waals surface area contributed by atoms with Crippen LogP contribution in [-0.2, 0) is 0 Å². The second kappa shape index (κ2) is 4.16. The van der Waals surface area contributed by atoms with Gasteiger partial charge in [0, 0.05) is 0 Å². The van der Waals surface area contributed by atoms with Crippen molar-refractivity contribution in [2.24, 2.45) is 0 Å². The zero-order chi connectivity index (χ0) is 11.6. The number of benzene rings is 1. The maximum Gasteiger partial charge on any atom is 0.339 e. The predicted octanol–water partition coefficient (Wildman–Crippen LogP) is 3.10. The summed E-state index contributed by atoms with van der Waals surface area (Å²) in [6.45, 7) is 2.05. The van der Waals surface area contributed by atoms with Crippen molar-refractivity contribution in [3.8, 4) is 5.75 Å². The fraction of sp³-hybridized carbons (Fsp3) is 0.462. The van der Waals surface area contributed by atoms with Gasteiger partial charge in [0.15, 0.2) is 0 Å². The Morgan fingerprint density at radius 3 is 2.56 bits per heavy atom. The summed E-state index contributed by atoms with van der Waals surface area (Å²) < 4.78 is 5.87. The van der Waals surface area contributed by atoms with Crippen LogP contribution in [-0.4, -0.2) is 16.7 Å². The van der Waals surface area contributed by atoms with Gasteiger partial charge in [-0.15, -0.1) is 0 Å². The van der Waals surface area contributed by atoms with Crippen molar-refractivity contribution in [1.82, 2.24) is 0 Å². The van der Waals surface area contributed by atoms with Gasteiger partial charge < -0.3 is 9.84 Å². The summed E-state index contributed by atoms with van der Waals surface area (Å²) in [6.07, 6.45) is 4.32. The number of carboxylic acids is 1. The van der Waals surface area contributed by atoms with Crippen molar-refractivity contribution in [2.75, 3.05) is 0 Å². The second-order valence-electron chi connectivity index (χ2n) is 4.56. The van der Waals surface area contributed by atoms with Crippen LogP contribution in [0.4, 0.5) is 0 Å². The van der Waals surface area contributed by atoms with E-state index in [0.29, 0.717) is 5.75 Å². The molecular formula is C13H16O3. The van der Waals surface area contributed by atoms with Crippen molar-refractivity contribution in [2.45, 2.75) is 38.2 Å². The van der Waals surface area contributed by atoms with Crippen LogP contribution in [0.15, 0.2) is 24.3 Å². The molecule has 0 saturated heterocycles. The van der Waals surface area contributed by atoms with Gasteiger partial charge in [0.05, 0.1) is 0 Å². The monoisotopic (exact) mass is 220 g/mol. The molecule has 1 aliphatic rings. The molecule has 0 amide bonds. The highest BCUT2D eigenvalue weighted by atomic mass is 16.5. The molecule has 0 unspecified atom stereocenters. The molecular weight excluding hydrogens is 204 g/mol. The van der Waals surface area contributed by atoms with E-state index in [9.17, 15) is 4.79 Å². The molecule has 0 heterocycles.